The van der Waals surface area contributed by atoms with Crippen molar-refractivity contribution in [1.82, 2.24) is 10.0 Å². The third-order valence-corrected chi connectivity index (χ3v) is 4.28. The molecule has 0 aliphatic heterocycles. The molecule has 21 heavy (non-hydrogen) atoms. The maximum atomic E-state index is 12.3. The van der Waals surface area contributed by atoms with Crippen LogP contribution in [0.15, 0.2) is 29.2 Å². The van der Waals surface area contributed by atoms with Crippen molar-refractivity contribution in [2.45, 2.75) is 31.6 Å². The zero-order chi connectivity index (χ0) is 15.7. The topological polar surface area (TPSA) is 87.3 Å². The van der Waals surface area contributed by atoms with E-state index < -0.39 is 10.0 Å². The van der Waals surface area contributed by atoms with E-state index in [0.29, 0.717) is 18.8 Å². The molecule has 118 valence electrons. The van der Waals surface area contributed by atoms with Crippen LogP contribution in [0.5, 0.6) is 0 Å². The molecule has 0 atom stereocenters. The highest BCUT2D eigenvalue weighted by molar-refractivity contribution is 7.89. The number of anilines is 1. The standard InChI is InChI=1S/C14H23N3O3S/c1-3-10-16-12-7-5-6-8-13(12)21(19,20)17-11-9-14(18)15-4-2/h5-8,16-17H,3-4,9-11H2,1-2H3,(H,15,18). The average Bonchev–Trinajstić information content (AvgIpc) is 2.45. The van der Waals surface area contributed by atoms with Crippen LogP contribution >= 0.6 is 0 Å². The van der Waals surface area contributed by atoms with Crippen molar-refractivity contribution >= 4 is 21.6 Å². The lowest BCUT2D eigenvalue weighted by atomic mass is 10.3. The summed E-state index contributed by atoms with van der Waals surface area (Å²) in [5, 5.41) is 5.71. The molecule has 0 saturated heterocycles. The van der Waals surface area contributed by atoms with Gasteiger partial charge in [0.25, 0.3) is 0 Å². The second kappa shape index (κ2) is 8.63. The second-order valence-electron chi connectivity index (χ2n) is 4.52. The highest BCUT2D eigenvalue weighted by Crippen LogP contribution is 2.20. The number of carbonyl (C=O) groups is 1. The number of para-hydroxylation sites is 1. The first-order valence-electron chi connectivity index (χ1n) is 7.10. The molecule has 7 heteroatoms. The SMILES string of the molecule is CCCNc1ccccc1S(=O)(=O)NCCC(=O)NCC. The van der Waals surface area contributed by atoms with Crippen LogP contribution in [0.2, 0.25) is 0 Å². The Hall–Kier alpha value is -1.60. The smallest absolute Gasteiger partial charge is 0.242 e. The van der Waals surface area contributed by atoms with Crippen LogP contribution in [0, 0.1) is 0 Å². The summed E-state index contributed by atoms with van der Waals surface area (Å²) in [5.41, 5.74) is 0.574. The van der Waals surface area contributed by atoms with Crippen LogP contribution < -0.4 is 15.4 Å². The van der Waals surface area contributed by atoms with Gasteiger partial charge < -0.3 is 10.6 Å². The fraction of sp³-hybridized carbons (Fsp3) is 0.500. The van der Waals surface area contributed by atoms with Crippen molar-refractivity contribution in [2.24, 2.45) is 0 Å². The number of carbonyl (C=O) groups excluding carboxylic acids is 1. The molecule has 0 unspecified atom stereocenters. The molecule has 1 aromatic rings. The minimum absolute atomic E-state index is 0.0796. The fourth-order valence-corrected chi connectivity index (χ4v) is 2.98. The van der Waals surface area contributed by atoms with Crippen molar-refractivity contribution in [3.05, 3.63) is 24.3 Å². The molecule has 0 aliphatic rings. The lowest BCUT2D eigenvalue weighted by molar-refractivity contribution is -0.120. The zero-order valence-electron chi connectivity index (χ0n) is 12.5. The molecule has 0 radical (unpaired) electrons. The maximum absolute atomic E-state index is 12.3. The lowest BCUT2D eigenvalue weighted by Gasteiger charge is -2.12. The average molecular weight is 313 g/mol. The molecule has 0 fully saturated rings. The van der Waals surface area contributed by atoms with E-state index in [-0.39, 0.29) is 23.8 Å². The van der Waals surface area contributed by atoms with Crippen LogP contribution in [0.3, 0.4) is 0 Å². The number of rotatable bonds is 9. The Balaban J connectivity index is 2.71. The van der Waals surface area contributed by atoms with E-state index in [4.69, 9.17) is 0 Å². The summed E-state index contributed by atoms with van der Waals surface area (Å²) >= 11 is 0. The predicted octanol–water partition coefficient (Wildman–Crippen LogP) is 1.31. The summed E-state index contributed by atoms with van der Waals surface area (Å²) in [6.07, 6.45) is 1.02. The van der Waals surface area contributed by atoms with Crippen LogP contribution in [-0.4, -0.2) is 34.0 Å². The Labute approximate surface area is 126 Å². The quantitative estimate of drug-likeness (QED) is 0.641. The van der Waals surface area contributed by atoms with E-state index in [9.17, 15) is 13.2 Å². The van der Waals surface area contributed by atoms with Gasteiger partial charge in [-0.3, -0.25) is 4.79 Å². The number of benzene rings is 1. The highest BCUT2D eigenvalue weighted by Gasteiger charge is 2.17. The van der Waals surface area contributed by atoms with E-state index in [1.54, 1.807) is 24.3 Å². The lowest BCUT2D eigenvalue weighted by Crippen LogP contribution is -2.31. The van der Waals surface area contributed by atoms with E-state index in [1.165, 1.54) is 0 Å². The third-order valence-electron chi connectivity index (χ3n) is 2.76. The fourth-order valence-electron chi connectivity index (χ4n) is 1.77. The molecule has 0 aromatic heterocycles. The minimum atomic E-state index is -3.62. The van der Waals surface area contributed by atoms with E-state index in [2.05, 4.69) is 15.4 Å². The van der Waals surface area contributed by atoms with Gasteiger partial charge in [-0.15, -0.1) is 0 Å². The molecule has 0 heterocycles. The first-order chi connectivity index (χ1) is 10.0. The first kappa shape index (κ1) is 17.5. The molecule has 1 amide bonds. The summed E-state index contributed by atoms with van der Waals surface area (Å²) in [6, 6.07) is 6.74. The summed E-state index contributed by atoms with van der Waals surface area (Å²) < 4.78 is 27.0. The molecule has 0 bridgehead atoms. The normalized spacial score (nSPS) is 11.1. The van der Waals surface area contributed by atoms with Gasteiger partial charge >= 0.3 is 0 Å². The van der Waals surface area contributed by atoms with Gasteiger partial charge in [-0.1, -0.05) is 19.1 Å². The van der Waals surface area contributed by atoms with Crippen LogP contribution in [0.25, 0.3) is 0 Å². The van der Waals surface area contributed by atoms with Gasteiger partial charge in [0.1, 0.15) is 4.90 Å². The number of hydrogen-bond acceptors (Lipinski definition) is 4. The molecule has 0 aliphatic carbocycles. The Morgan fingerprint density at radius 1 is 1.14 bits per heavy atom. The Bertz CT molecular complexity index is 558. The molecule has 0 spiro atoms. The van der Waals surface area contributed by atoms with E-state index in [1.807, 2.05) is 13.8 Å². The molecular weight excluding hydrogens is 290 g/mol. The first-order valence-corrected chi connectivity index (χ1v) is 8.58. The molecule has 1 aromatic carbocycles. The van der Waals surface area contributed by atoms with Crippen LogP contribution in [0.4, 0.5) is 5.69 Å². The van der Waals surface area contributed by atoms with Gasteiger partial charge in [0.15, 0.2) is 0 Å². The van der Waals surface area contributed by atoms with Crippen molar-refractivity contribution in [3.63, 3.8) is 0 Å². The van der Waals surface area contributed by atoms with Crippen molar-refractivity contribution in [3.8, 4) is 0 Å². The number of nitrogens with one attached hydrogen (secondary N) is 3. The van der Waals surface area contributed by atoms with Gasteiger partial charge in [-0.05, 0) is 25.5 Å². The van der Waals surface area contributed by atoms with Crippen molar-refractivity contribution < 1.29 is 13.2 Å². The molecule has 1 rings (SSSR count). The molecule has 6 nitrogen and oxygen atoms in total. The highest BCUT2D eigenvalue weighted by atomic mass is 32.2. The largest absolute Gasteiger partial charge is 0.384 e. The van der Waals surface area contributed by atoms with E-state index in [0.717, 1.165) is 6.42 Å². The van der Waals surface area contributed by atoms with Gasteiger partial charge in [0.05, 0.1) is 5.69 Å². The van der Waals surface area contributed by atoms with Gasteiger partial charge in [0.2, 0.25) is 15.9 Å². The maximum Gasteiger partial charge on any atom is 0.242 e. The monoisotopic (exact) mass is 313 g/mol. The van der Waals surface area contributed by atoms with Crippen LogP contribution in [-0.2, 0) is 14.8 Å². The van der Waals surface area contributed by atoms with Gasteiger partial charge in [0, 0.05) is 26.1 Å². The third kappa shape index (κ3) is 5.73. The Kier molecular flexibility index (Phi) is 7.18. The van der Waals surface area contributed by atoms with Crippen molar-refractivity contribution in [2.75, 3.05) is 25.0 Å². The van der Waals surface area contributed by atoms with Gasteiger partial charge in [-0.2, -0.15) is 0 Å². The Morgan fingerprint density at radius 2 is 1.86 bits per heavy atom. The van der Waals surface area contributed by atoms with E-state index >= 15 is 0 Å². The van der Waals surface area contributed by atoms with Crippen LogP contribution in [0.1, 0.15) is 26.7 Å². The minimum Gasteiger partial charge on any atom is -0.384 e. The Morgan fingerprint density at radius 3 is 2.52 bits per heavy atom. The summed E-state index contributed by atoms with van der Waals surface area (Å²) in [4.78, 5) is 11.5. The zero-order valence-corrected chi connectivity index (χ0v) is 13.3. The molecule has 3 N–H and O–H groups in total. The molecule has 0 saturated carbocycles. The molecular formula is C14H23N3O3S. The summed E-state index contributed by atoms with van der Waals surface area (Å²) in [7, 11) is -3.62. The number of sulfonamides is 1. The van der Waals surface area contributed by atoms with Crippen molar-refractivity contribution in [1.29, 1.82) is 0 Å². The second-order valence-corrected chi connectivity index (χ2v) is 6.26. The number of amides is 1. The number of hydrogen-bond donors (Lipinski definition) is 3. The predicted molar refractivity (Wildman–Crippen MR) is 83.7 cm³/mol. The van der Waals surface area contributed by atoms with Gasteiger partial charge in [-0.25, -0.2) is 13.1 Å². The summed E-state index contributed by atoms with van der Waals surface area (Å²) in [6.45, 7) is 5.14. The summed E-state index contributed by atoms with van der Waals surface area (Å²) in [5.74, 6) is -0.169.